The third kappa shape index (κ3) is 4.03. The van der Waals surface area contributed by atoms with E-state index in [1.807, 2.05) is 13.0 Å². The van der Waals surface area contributed by atoms with E-state index >= 15 is 0 Å². The number of carbonyl (C=O) groups excluding carboxylic acids is 2. The number of ether oxygens (including phenoxy) is 4. The van der Waals surface area contributed by atoms with Crippen molar-refractivity contribution in [3.8, 4) is 17.2 Å². The average Bonchev–Trinajstić information content (AvgIpc) is 3.03. The Labute approximate surface area is 191 Å². The Hall–Kier alpha value is -3.45. The number of allylic oxidation sites excluding steroid dienone is 1. The molecule has 0 saturated carbocycles. The number of hydrogen-bond donors (Lipinski definition) is 0. The summed E-state index contributed by atoms with van der Waals surface area (Å²) in [6.45, 7) is 3.56. The molecular formula is C24H24ClNO6. The monoisotopic (exact) mass is 457 g/mol. The van der Waals surface area contributed by atoms with Crippen LogP contribution in [-0.2, 0) is 14.3 Å². The standard InChI is InChI=1S/C24H24ClNO6/c1-13-7-8-16(12-18(13)25)26-14(2)21(24(28)32-6)17(23(26)27)9-15-10-19(29-3)22(31-5)20(11-15)30-4/h7-12H,1-6H3/b17-9+. The molecule has 1 amide bonds. The van der Waals surface area contributed by atoms with Crippen molar-refractivity contribution in [2.75, 3.05) is 33.3 Å². The van der Waals surface area contributed by atoms with Gasteiger partial charge in [0, 0.05) is 10.7 Å². The number of rotatable bonds is 6. The highest BCUT2D eigenvalue weighted by molar-refractivity contribution is 6.32. The molecule has 32 heavy (non-hydrogen) atoms. The fourth-order valence-corrected chi connectivity index (χ4v) is 3.74. The zero-order chi connectivity index (χ0) is 23.6. The van der Waals surface area contributed by atoms with Crippen molar-refractivity contribution < 1.29 is 28.5 Å². The average molecular weight is 458 g/mol. The van der Waals surface area contributed by atoms with Crippen LogP contribution in [0.2, 0.25) is 5.02 Å². The molecule has 7 nitrogen and oxygen atoms in total. The smallest absolute Gasteiger partial charge is 0.340 e. The quantitative estimate of drug-likeness (QED) is 0.468. The number of aryl methyl sites for hydroxylation is 1. The lowest BCUT2D eigenvalue weighted by atomic mass is 10.0. The van der Waals surface area contributed by atoms with E-state index in [1.165, 1.54) is 33.3 Å². The van der Waals surface area contributed by atoms with Crippen molar-refractivity contribution in [1.82, 2.24) is 0 Å². The molecule has 0 aliphatic carbocycles. The van der Waals surface area contributed by atoms with Crippen molar-refractivity contribution in [2.45, 2.75) is 13.8 Å². The van der Waals surface area contributed by atoms with Crippen LogP contribution in [0.1, 0.15) is 18.1 Å². The van der Waals surface area contributed by atoms with Crippen molar-refractivity contribution in [1.29, 1.82) is 0 Å². The molecule has 1 aliphatic rings. The first-order valence-corrected chi connectivity index (χ1v) is 10.1. The third-order valence-electron chi connectivity index (χ3n) is 5.20. The molecule has 0 saturated heterocycles. The van der Waals surface area contributed by atoms with E-state index in [2.05, 4.69) is 0 Å². The molecule has 0 fully saturated rings. The number of nitrogens with zero attached hydrogens (tertiary/aromatic N) is 1. The summed E-state index contributed by atoms with van der Waals surface area (Å²) in [6.07, 6.45) is 1.60. The summed E-state index contributed by atoms with van der Waals surface area (Å²) in [4.78, 5) is 27.5. The Morgan fingerprint density at radius 3 is 2.09 bits per heavy atom. The molecular weight excluding hydrogens is 434 g/mol. The number of anilines is 1. The Morgan fingerprint density at radius 2 is 1.59 bits per heavy atom. The van der Waals surface area contributed by atoms with Gasteiger partial charge in [0.1, 0.15) is 0 Å². The predicted octanol–water partition coefficient (Wildman–Crippen LogP) is 4.55. The van der Waals surface area contributed by atoms with Gasteiger partial charge >= 0.3 is 5.97 Å². The molecule has 0 spiro atoms. The van der Waals surface area contributed by atoms with Crippen LogP contribution in [0.5, 0.6) is 17.2 Å². The zero-order valence-electron chi connectivity index (χ0n) is 18.7. The van der Waals surface area contributed by atoms with E-state index in [4.69, 9.17) is 30.5 Å². The van der Waals surface area contributed by atoms with Crippen molar-refractivity contribution in [3.63, 3.8) is 0 Å². The SMILES string of the molecule is COC(=O)C1=C(C)N(c2ccc(C)c(Cl)c2)C(=O)/C1=C/c1cc(OC)c(OC)c(OC)c1. The summed E-state index contributed by atoms with van der Waals surface area (Å²) < 4.78 is 21.1. The number of amides is 1. The van der Waals surface area contributed by atoms with Crippen LogP contribution in [0.4, 0.5) is 5.69 Å². The van der Waals surface area contributed by atoms with E-state index < -0.39 is 5.97 Å². The van der Waals surface area contributed by atoms with Crippen LogP contribution in [0.15, 0.2) is 47.2 Å². The van der Waals surface area contributed by atoms with Crippen LogP contribution < -0.4 is 19.1 Å². The molecule has 0 aromatic heterocycles. The molecule has 0 N–H and O–H groups in total. The van der Waals surface area contributed by atoms with E-state index in [0.717, 1.165) is 5.56 Å². The molecule has 0 unspecified atom stereocenters. The number of halogens is 1. The Kier molecular flexibility index (Phi) is 6.79. The third-order valence-corrected chi connectivity index (χ3v) is 5.61. The molecule has 168 valence electrons. The summed E-state index contributed by atoms with van der Waals surface area (Å²) in [6, 6.07) is 8.67. The van der Waals surface area contributed by atoms with Gasteiger partial charge in [0.15, 0.2) is 11.5 Å². The summed E-state index contributed by atoms with van der Waals surface area (Å²) >= 11 is 6.28. The van der Waals surface area contributed by atoms with Gasteiger partial charge in [-0.15, -0.1) is 0 Å². The molecule has 0 atom stereocenters. The highest BCUT2D eigenvalue weighted by atomic mass is 35.5. The molecule has 2 aromatic carbocycles. The molecule has 2 aromatic rings. The maximum atomic E-state index is 13.5. The Morgan fingerprint density at radius 1 is 0.969 bits per heavy atom. The number of benzene rings is 2. The van der Waals surface area contributed by atoms with E-state index in [-0.39, 0.29) is 17.1 Å². The van der Waals surface area contributed by atoms with Crippen LogP contribution in [-0.4, -0.2) is 40.3 Å². The molecule has 0 bridgehead atoms. The first kappa shape index (κ1) is 23.2. The largest absolute Gasteiger partial charge is 0.493 e. The normalized spacial score (nSPS) is 14.8. The van der Waals surface area contributed by atoms with Gasteiger partial charge in [-0.05, 0) is 55.3 Å². The minimum absolute atomic E-state index is 0.169. The summed E-state index contributed by atoms with van der Waals surface area (Å²) in [5, 5.41) is 0.518. The van der Waals surface area contributed by atoms with Crippen molar-refractivity contribution >= 4 is 35.2 Å². The minimum Gasteiger partial charge on any atom is -0.493 e. The van der Waals surface area contributed by atoms with E-state index in [0.29, 0.717) is 39.2 Å². The highest BCUT2D eigenvalue weighted by Gasteiger charge is 2.38. The van der Waals surface area contributed by atoms with Gasteiger partial charge in [0.05, 0.1) is 45.3 Å². The van der Waals surface area contributed by atoms with E-state index in [9.17, 15) is 9.59 Å². The van der Waals surface area contributed by atoms with Crippen LogP contribution in [0, 0.1) is 6.92 Å². The summed E-state index contributed by atoms with van der Waals surface area (Å²) in [5.41, 5.74) is 2.81. The van der Waals surface area contributed by atoms with E-state index in [1.54, 1.807) is 37.3 Å². The highest BCUT2D eigenvalue weighted by Crippen LogP contribution is 2.41. The second kappa shape index (κ2) is 9.36. The van der Waals surface area contributed by atoms with Gasteiger partial charge in [-0.3, -0.25) is 9.69 Å². The van der Waals surface area contributed by atoms with Crippen LogP contribution >= 0.6 is 11.6 Å². The van der Waals surface area contributed by atoms with Gasteiger partial charge in [-0.25, -0.2) is 4.79 Å². The van der Waals surface area contributed by atoms with Gasteiger partial charge in [-0.2, -0.15) is 0 Å². The zero-order valence-corrected chi connectivity index (χ0v) is 19.5. The van der Waals surface area contributed by atoms with Crippen LogP contribution in [0.25, 0.3) is 6.08 Å². The predicted molar refractivity (Wildman–Crippen MR) is 122 cm³/mol. The van der Waals surface area contributed by atoms with Crippen molar-refractivity contribution in [3.05, 3.63) is 63.3 Å². The molecule has 1 heterocycles. The molecule has 3 rings (SSSR count). The Balaban J connectivity index is 2.19. The topological polar surface area (TPSA) is 74.3 Å². The molecule has 1 aliphatic heterocycles. The summed E-state index contributed by atoms with van der Waals surface area (Å²) in [7, 11) is 5.78. The summed E-state index contributed by atoms with van der Waals surface area (Å²) in [5.74, 6) is 0.274. The van der Waals surface area contributed by atoms with Gasteiger partial charge < -0.3 is 18.9 Å². The fourth-order valence-electron chi connectivity index (χ4n) is 3.56. The fraction of sp³-hybridized carbons (Fsp3) is 0.250. The lowest BCUT2D eigenvalue weighted by Gasteiger charge is -2.18. The van der Waals surface area contributed by atoms with Gasteiger partial charge in [-0.1, -0.05) is 17.7 Å². The van der Waals surface area contributed by atoms with Crippen LogP contribution in [0.3, 0.4) is 0 Å². The number of methoxy groups -OCH3 is 4. The second-order valence-electron chi connectivity index (χ2n) is 7.04. The first-order chi connectivity index (χ1) is 15.3. The number of hydrogen-bond acceptors (Lipinski definition) is 6. The van der Waals surface area contributed by atoms with Gasteiger partial charge in [0.2, 0.25) is 5.75 Å². The molecule has 0 radical (unpaired) electrons. The number of esters is 1. The first-order valence-electron chi connectivity index (χ1n) is 9.69. The lowest BCUT2D eigenvalue weighted by molar-refractivity contribution is -0.136. The van der Waals surface area contributed by atoms with Crippen molar-refractivity contribution in [2.24, 2.45) is 0 Å². The van der Waals surface area contributed by atoms with Gasteiger partial charge in [0.25, 0.3) is 5.91 Å². The second-order valence-corrected chi connectivity index (χ2v) is 7.45. The number of carbonyl (C=O) groups is 2. The minimum atomic E-state index is -0.616. The maximum Gasteiger partial charge on any atom is 0.340 e. The Bertz CT molecular complexity index is 1130. The molecule has 8 heteroatoms. The maximum absolute atomic E-state index is 13.5. The lowest BCUT2D eigenvalue weighted by Crippen LogP contribution is -2.24.